The number of nitrogens with zero attached hydrogens (tertiary/aromatic N) is 1. The van der Waals surface area contributed by atoms with Crippen molar-refractivity contribution < 1.29 is 14.7 Å². The van der Waals surface area contributed by atoms with Crippen molar-refractivity contribution >= 4 is 33.3 Å². The lowest BCUT2D eigenvalue weighted by atomic mass is 10.1. The Bertz CT molecular complexity index is 631. The molecule has 0 saturated carbocycles. The Labute approximate surface area is 120 Å². The summed E-state index contributed by atoms with van der Waals surface area (Å²) in [5.41, 5.74) is 0. The van der Waals surface area contributed by atoms with Gasteiger partial charge in [0.05, 0.1) is 11.3 Å². The third kappa shape index (κ3) is 2.41. The molecule has 1 unspecified atom stereocenters. The van der Waals surface area contributed by atoms with E-state index in [2.05, 4.69) is 0 Å². The third-order valence-corrected chi connectivity index (χ3v) is 4.79. The smallest absolute Gasteiger partial charge is 0.305 e. The summed E-state index contributed by atoms with van der Waals surface area (Å²) >= 11 is 1.47. The van der Waals surface area contributed by atoms with Gasteiger partial charge >= 0.3 is 5.97 Å². The van der Waals surface area contributed by atoms with Gasteiger partial charge in [0, 0.05) is 17.3 Å². The second kappa shape index (κ2) is 5.25. The summed E-state index contributed by atoms with van der Waals surface area (Å²) in [6.45, 7) is 0.658. The molecule has 0 bridgehead atoms. The monoisotopic (exact) mass is 289 g/mol. The first-order chi connectivity index (χ1) is 9.65. The molecule has 0 spiro atoms. The number of rotatable bonds is 3. The van der Waals surface area contributed by atoms with E-state index in [1.807, 2.05) is 30.3 Å². The molecule has 1 saturated heterocycles. The lowest BCUT2D eigenvalue weighted by Crippen LogP contribution is -2.36. The molecule has 1 aromatic carbocycles. The molecule has 1 fully saturated rings. The predicted octanol–water partition coefficient (Wildman–Crippen LogP) is 2.98. The second-order valence-corrected chi connectivity index (χ2v) is 6.12. The lowest BCUT2D eigenvalue weighted by Gasteiger charge is -2.22. The molecule has 2 aromatic rings. The van der Waals surface area contributed by atoms with Crippen LogP contribution in [-0.4, -0.2) is 34.5 Å². The highest BCUT2D eigenvalue weighted by atomic mass is 32.1. The van der Waals surface area contributed by atoms with E-state index in [-0.39, 0.29) is 18.4 Å². The number of carboxylic acid groups (broad SMARTS) is 1. The molecule has 1 N–H and O–H groups in total. The maximum absolute atomic E-state index is 12.6. The molecular formula is C15H15NO3S. The zero-order valence-electron chi connectivity index (χ0n) is 10.9. The van der Waals surface area contributed by atoms with Crippen LogP contribution in [0.5, 0.6) is 0 Å². The summed E-state index contributed by atoms with van der Waals surface area (Å²) < 4.78 is 1.09. The van der Waals surface area contributed by atoms with Crippen molar-refractivity contribution in [2.75, 3.05) is 6.54 Å². The average Bonchev–Trinajstić information content (AvgIpc) is 3.03. The van der Waals surface area contributed by atoms with Crippen molar-refractivity contribution in [3.8, 4) is 0 Å². The number of benzene rings is 1. The highest BCUT2D eigenvalue weighted by Gasteiger charge is 2.31. The van der Waals surface area contributed by atoms with Crippen LogP contribution in [0.25, 0.3) is 10.1 Å². The zero-order chi connectivity index (χ0) is 14.1. The molecular weight excluding hydrogens is 274 g/mol. The van der Waals surface area contributed by atoms with Crippen LogP contribution in [0.4, 0.5) is 0 Å². The van der Waals surface area contributed by atoms with Crippen molar-refractivity contribution in [1.29, 1.82) is 0 Å². The van der Waals surface area contributed by atoms with Gasteiger partial charge in [0.25, 0.3) is 5.91 Å². The van der Waals surface area contributed by atoms with Crippen LogP contribution in [0.1, 0.15) is 28.9 Å². The van der Waals surface area contributed by atoms with E-state index >= 15 is 0 Å². The van der Waals surface area contributed by atoms with E-state index in [0.717, 1.165) is 22.9 Å². The van der Waals surface area contributed by atoms with Gasteiger partial charge in [0.15, 0.2) is 0 Å². The summed E-state index contributed by atoms with van der Waals surface area (Å²) in [5.74, 6) is -0.874. The number of hydrogen-bond acceptors (Lipinski definition) is 3. The standard InChI is InChI=1S/C15H15NO3S/c17-14(18)9-11-5-3-7-16(11)15(19)13-8-10-4-1-2-6-12(10)20-13/h1-2,4,6,8,11H,3,5,7,9H2,(H,17,18). The van der Waals surface area contributed by atoms with Gasteiger partial charge in [-0.2, -0.15) is 0 Å². The Kier molecular flexibility index (Phi) is 3.44. The third-order valence-electron chi connectivity index (χ3n) is 3.68. The molecule has 5 heteroatoms. The van der Waals surface area contributed by atoms with E-state index in [4.69, 9.17) is 5.11 Å². The normalized spacial score (nSPS) is 18.6. The molecule has 20 heavy (non-hydrogen) atoms. The summed E-state index contributed by atoms with van der Waals surface area (Å²) in [4.78, 5) is 25.8. The SMILES string of the molecule is O=C(O)CC1CCCN1C(=O)c1cc2ccccc2s1. The minimum absolute atomic E-state index is 0.0325. The number of aliphatic carboxylic acids is 1. The minimum Gasteiger partial charge on any atom is -0.481 e. The summed E-state index contributed by atoms with van der Waals surface area (Å²) in [5, 5.41) is 9.99. The highest BCUT2D eigenvalue weighted by Crippen LogP contribution is 2.29. The van der Waals surface area contributed by atoms with E-state index < -0.39 is 5.97 Å². The van der Waals surface area contributed by atoms with Crippen molar-refractivity contribution in [2.45, 2.75) is 25.3 Å². The molecule has 0 radical (unpaired) electrons. The fraction of sp³-hybridized carbons (Fsp3) is 0.333. The number of carboxylic acids is 1. The van der Waals surface area contributed by atoms with Crippen molar-refractivity contribution in [3.63, 3.8) is 0 Å². The lowest BCUT2D eigenvalue weighted by molar-refractivity contribution is -0.137. The molecule has 0 aliphatic carbocycles. The first kappa shape index (κ1) is 13.1. The number of hydrogen-bond donors (Lipinski definition) is 1. The number of thiophene rings is 1. The average molecular weight is 289 g/mol. The molecule has 104 valence electrons. The highest BCUT2D eigenvalue weighted by molar-refractivity contribution is 7.20. The molecule has 2 heterocycles. The van der Waals surface area contributed by atoms with E-state index in [1.165, 1.54) is 11.3 Å². The number of fused-ring (bicyclic) bond motifs is 1. The molecule has 1 aromatic heterocycles. The van der Waals surface area contributed by atoms with Gasteiger partial charge < -0.3 is 10.0 Å². The number of amides is 1. The number of carbonyl (C=O) groups excluding carboxylic acids is 1. The maximum Gasteiger partial charge on any atom is 0.305 e. The zero-order valence-corrected chi connectivity index (χ0v) is 11.7. The topological polar surface area (TPSA) is 57.6 Å². The Balaban J connectivity index is 1.85. The van der Waals surface area contributed by atoms with Crippen molar-refractivity contribution in [1.82, 2.24) is 4.90 Å². The van der Waals surface area contributed by atoms with Crippen LogP contribution in [0, 0.1) is 0 Å². The quantitative estimate of drug-likeness (QED) is 0.945. The van der Waals surface area contributed by atoms with Crippen LogP contribution in [-0.2, 0) is 4.79 Å². The largest absolute Gasteiger partial charge is 0.481 e. The van der Waals surface area contributed by atoms with Gasteiger partial charge in [-0.15, -0.1) is 11.3 Å². The van der Waals surface area contributed by atoms with E-state index in [1.54, 1.807) is 4.90 Å². The molecule has 1 atom stereocenters. The maximum atomic E-state index is 12.6. The molecule has 3 rings (SSSR count). The first-order valence-electron chi connectivity index (χ1n) is 6.66. The van der Waals surface area contributed by atoms with Gasteiger partial charge in [-0.1, -0.05) is 18.2 Å². The predicted molar refractivity (Wildman–Crippen MR) is 78.1 cm³/mol. The van der Waals surface area contributed by atoms with Crippen LogP contribution in [0.3, 0.4) is 0 Å². The first-order valence-corrected chi connectivity index (χ1v) is 7.48. The van der Waals surface area contributed by atoms with Crippen LogP contribution < -0.4 is 0 Å². The van der Waals surface area contributed by atoms with Crippen LogP contribution in [0.15, 0.2) is 30.3 Å². The van der Waals surface area contributed by atoms with Gasteiger partial charge in [0.2, 0.25) is 0 Å². The summed E-state index contributed by atoms with van der Waals surface area (Å²) in [6, 6.07) is 9.63. The van der Waals surface area contributed by atoms with Crippen LogP contribution >= 0.6 is 11.3 Å². The van der Waals surface area contributed by atoms with E-state index in [0.29, 0.717) is 11.4 Å². The van der Waals surface area contributed by atoms with Gasteiger partial charge in [-0.25, -0.2) is 0 Å². The van der Waals surface area contributed by atoms with Gasteiger partial charge in [0.1, 0.15) is 0 Å². The summed E-state index contributed by atoms with van der Waals surface area (Å²) in [7, 11) is 0. The summed E-state index contributed by atoms with van der Waals surface area (Å²) in [6.07, 6.45) is 1.70. The Hall–Kier alpha value is -1.88. The van der Waals surface area contributed by atoms with Gasteiger partial charge in [-0.05, 0) is 30.4 Å². The minimum atomic E-state index is -0.842. The molecule has 1 amide bonds. The number of likely N-dealkylation sites (tertiary alicyclic amines) is 1. The Morgan fingerprint density at radius 1 is 1.35 bits per heavy atom. The Morgan fingerprint density at radius 2 is 2.15 bits per heavy atom. The van der Waals surface area contributed by atoms with Crippen molar-refractivity contribution in [3.05, 3.63) is 35.2 Å². The van der Waals surface area contributed by atoms with Gasteiger partial charge in [-0.3, -0.25) is 9.59 Å². The fourth-order valence-electron chi connectivity index (χ4n) is 2.75. The molecule has 1 aliphatic rings. The second-order valence-electron chi connectivity index (χ2n) is 5.04. The van der Waals surface area contributed by atoms with Crippen LogP contribution in [0.2, 0.25) is 0 Å². The van der Waals surface area contributed by atoms with Crippen molar-refractivity contribution in [2.24, 2.45) is 0 Å². The number of carbonyl (C=O) groups is 2. The fourth-order valence-corrected chi connectivity index (χ4v) is 3.76. The molecule has 4 nitrogen and oxygen atoms in total. The van der Waals surface area contributed by atoms with E-state index in [9.17, 15) is 9.59 Å². The molecule has 1 aliphatic heterocycles. The Morgan fingerprint density at radius 3 is 2.90 bits per heavy atom.